The number of likely N-dealkylation sites (tertiary alicyclic amines) is 1. The normalized spacial score (nSPS) is 16.0. The number of aromatic nitrogens is 5. The number of fused-ring (bicyclic) bond motifs is 5. The number of phenolic OH excluding ortho intramolecular Hbond substituents is 2. The molecule has 1 fully saturated rings. The van der Waals surface area contributed by atoms with E-state index in [1.54, 1.807) is 107 Å². The molecule has 3 aromatic heterocycles. The van der Waals surface area contributed by atoms with Crippen LogP contribution in [0.2, 0.25) is 0 Å². The summed E-state index contributed by atoms with van der Waals surface area (Å²) in [5.74, 6) is -0.202. The van der Waals surface area contributed by atoms with Gasteiger partial charge in [0.2, 0.25) is 5.82 Å². The number of benzene rings is 4. The molecule has 76 heavy (non-hydrogen) atoms. The molecule has 19 nitrogen and oxygen atoms in total. The number of esters is 1. The lowest BCUT2D eigenvalue weighted by Gasteiger charge is -2.37. The van der Waals surface area contributed by atoms with E-state index in [9.17, 15) is 39.3 Å². The summed E-state index contributed by atoms with van der Waals surface area (Å²) in [5.41, 5.74) is 3.69. The van der Waals surface area contributed by atoms with Crippen LogP contribution in [0, 0.1) is 0 Å². The molecule has 0 radical (unpaired) electrons. The minimum absolute atomic E-state index is 0.00424. The number of amides is 3. The molecule has 7 aromatic rings. The summed E-state index contributed by atoms with van der Waals surface area (Å²) in [5, 5.41) is 44.7. The van der Waals surface area contributed by atoms with E-state index in [0.717, 1.165) is 16.5 Å². The monoisotopic (exact) mass is 1030 g/mol. The number of pyridine rings is 2. The molecule has 4 N–H and O–H groups in total. The van der Waals surface area contributed by atoms with Crippen LogP contribution in [0.25, 0.3) is 39.4 Å². The van der Waals surface area contributed by atoms with Gasteiger partial charge in [-0.15, -0.1) is 10.2 Å². The first kappa shape index (κ1) is 50.9. The Morgan fingerprint density at radius 2 is 1.57 bits per heavy atom. The van der Waals surface area contributed by atoms with Gasteiger partial charge in [-0.3, -0.25) is 19.0 Å². The largest absolute Gasteiger partial charge is 0.508 e. The highest BCUT2D eigenvalue weighted by atomic mass is 16.6. The zero-order valence-corrected chi connectivity index (χ0v) is 43.0. The van der Waals surface area contributed by atoms with Crippen LogP contribution < -0.4 is 20.3 Å². The Morgan fingerprint density at radius 3 is 2.22 bits per heavy atom. The summed E-state index contributed by atoms with van der Waals surface area (Å²) in [7, 11) is 0. The fourth-order valence-electron chi connectivity index (χ4n) is 10.7. The first-order valence-corrected chi connectivity index (χ1v) is 25.7. The van der Waals surface area contributed by atoms with Crippen LogP contribution in [0.15, 0.2) is 89.7 Å². The van der Waals surface area contributed by atoms with Crippen molar-refractivity contribution in [1.82, 2.24) is 39.4 Å². The molecule has 0 saturated carbocycles. The second kappa shape index (κ2) is 20.3. The summed E-state index contributed by atoms with van der Waals surface area (Å²) < 4.78 is 20.6. The van der Waals surface area contributed by atoms with E-state index in [1.807, 2.05) is 27.7 Å². The molecule has 19 heteroatoms. The van der Waals surface area contributed by atoms with Crippen molar-refractivity contribution < 1.29 is 48.7 Å². The molecule has 0 bridgehead atoms. The van der Waals surface area contributed by atoms with Gasteiger partial charge in [0.25, 0.3) is 17.4 Å². The van der Waals surface area contributed by atoms with Crippen molar-refractivity contribution in [2.45, 2.75) is 97.9 Å². The summed E-state index contributed by atoms with van der Waals surface area (Å²) in [6, 6.07) is 23.5. The third-order valence-corrected chi connectivity index (χ3v) is 14.7. The molecule has 0 spiro atoms. The van der Waals surface area contributed by atoms with Crippen molar-refractivity contribution in [3.8, 4) is 57.2 Å². The second-order valence-corrected chi connectivity index (χ2v) is 19.5. The summed E-state index contributed by atoms with van der Waals surface area (Å²) in [4.78, 5) is 75.6. The van der Waals surface area contributed by atoms with E-state index in [-0.39, 0.29) is 77.3 Å². The zero-order valence-electron chi connectivity index (χ0n) is 43.0. The van der Waals surface area contributed by atoms with Crippen LogP contribution in [0.5, 0.6) is 28.7 Å². The molecule has 4 aromatic carbocycles. The lowest BCUT2D eigenvalue weighted by molar-refractivity contribution is -0.172. The van der Waals surface area contributed by atoms with Crippen LogP contribution in [-0.4, -0.2) is 106 Å². The minimum Gasteiger partial charge on any atom is -0.508 e. The molecule has 1 atom stereocenters. The minimum atomic E-state index is -1.93. The number of carbonyl (C=O) groups excluding carboxylic acids is 4. The Bertz CT molecular complexity index is 3530. The first-order chi connectivity index (χ1) is 36.6. The van der Waals surface area contributed by atoms with Crippen molar-refractivity contribution in [1.29, 1.82) is 0 Å². The lowest BCUT2D eigenvalue weighted by Crippen LogP contribution is -2.49. The Morgan fingerprint density at radius 1 is 0.868 bits per heavy atom. The molecular formula is C57H58N8O11. The van der Waals surface area contributed by atoms with E-state index in [1.165, 1.54) is 10.6 Å². The van der Waals surface area contributed by atoms with Crippen LogP contribution in [0.1, 0.15) is 116 Å². The zero-order chi connectivity index (χ0) is 53.7. The van der Waals surface area contributed by atoms with Gasteiger partial charge in [0.1, 0.15) is 35.4 Å². The average molecular weight is 1030 g/mol. The van der Waals surface area contributed by atoms with Gasteiger partial charge in [0, 0.05) is 66.1 Å². The van der Waals surface area contributed by atoms with Crippen molar-refractivity contribution in [2.75, 3.05) is 26.2 Å². The summed E-state index contributed by atoms with van der Waals surface area (Å²) in [6.07, 6.45) is 1.24. The smallest absolute Gasteiger partial charge is 0.415 e. The molecule has 3 aliphatic heterocycles. The van der Waals surface area contributed by atoms with E-state index >= 15 is 0 Å². The predicted molar refractivity (Wildman–Crippen MR) is 280 cm³/mol. The summed E-state index contributed by atoms with van der Waals surface area (Å²) in [6.45, 7) is 12.8. The van der Waals surface area contributed by atoms with Gasteiger partial charge in [-0.1, -0.05) is 27.7 Å². The third kappa shape index (κ3) is 8.92. The number of phenols is 2. The maximum absolute atomic E-state index is 13.8. The van der Waals surface area contributed by atoms with Gasteiger partial charge in [-0.05, 0) is 135 Å². The van der Waals surface area contributed by atoms with Crippen molar-refractivity contribution >= 4 is 34.8 Å². The maximum atomic E-state index is 13.8. The number of carbonyl (C=O) groups is 4. The van der Waals surface area contributed by atoms with Crippen LogP contribution >= 0.6 is 0 Å². The first-order valence-electron chi connectivity index (χ1n) is 25.7. The highest BCUT2D eigenvalue weighted by molar-refractivity contribution is 5.95. The molecule has 10 rings (SSSR count). The fourth-order valence-corrected chi connectivity index (χ4v) is 10.7. The number of nitrogens with one attached hydrogen (secondary N) is 1. The van der Waals surface area contributed by atoms with Gasteiger partial charge in [-0.2, -0.15) is 0 Å². The molecule has 3 amide bonds. The quantitative estimate of drug-likeness (QED) is 0.0799. The van der Waals surface area contributed by atoms with Crippen LogP contribution in [0.3, 0.4) is 0 Å². The predicted octanol–water partition coefficient (Wildman–Crippen LogP) is 8.09. The molecule has 0 aliphatic carbocycles. The van der Waals surface area contributed by atoms with Gasteiger partial charge in [0.05, 0.1) is 34.6 Å². The number of cyclic esters (lactones) is 1. The number of hydrogen-bond acceptors (Lipinski definition) is 14. The Hall–Kier alpha value is -8.58. The number of aryl methyl sites for hydroxylation is 1. The van der Waals surface area contributed by atoms with E-state index in [2.05, 4.69) is 15.5 Å². The number of rotatable bonds is 13. The highest BCUT2D eigenvalue weighted by Gasteiger charge is 2.45. The third-order valence-electron chi connectivity index (χ3n) is 14.7. The van der Waals surface area contributed by atoms with Crippen molar-refractivity contribution in [3.63, 3.8) is 0 Å². The number of nitrogens with zero attached hydrogens (tertiary/aromatic N) is 7. The maximum Gasteiger partial charge on any atom is 0.415 e. The van der Waals surface area contributed by atoms with Gasteiger partial charge in [-0.25, -0.2) is 14.6 Å². The number of aliphatic hydroxyl groups is 1. The average Bonchev–Trinajstić information content (AvgIpc) is 4.03. The Kier molecular flexibility index (Phi) is 13.6. The fraction of sp³-hybridized carbons (Fsp3) is 0.333. The number of hydrogen-bond donors (Lipinski definition) is 4. The van der Waals surface area contributed by atoms with Crippen LogP contribution in [-0.2, 0) is 34.7 Å². The van der Waals surface area contributed by atoms with E-state index in [4.69, 9.17) is 19.2 Å². The molecule has 1 unspecified atom stereocenters. The number of piperidine rings is 1. The molecule has 392 valence electrons. The van der Waals surface area contributed by atoms with Gasteiger partial charge >= 0.3 is 12.1 Å². The number of ether oxygens (including phenoxy) is 3. The lowest BCUT2D eigenvalue weighted by atomic mass is 9.86. The van der Waals surface area contributed by atoms with Gasteiger partial charge in [0.15, 0.2) is 11.4 Å². The van der Waals surface area contributed by atoms with Crippen molar-refractivity contribution in [2.24, 2.45) is 0 Å². The second-order valence-electron chi connectivity index (χ2n) is 19.5. The Balaban J connectivity index is 0.779. The topological polar surface area (TPSA) is 241 Å². The van der Waals surface area contributed by atoms with Crippen molar-refractivity contribution in [3.05, 3.63) is 134 Å². The van der Waals surface area contributed by atoms with Crippen LogP contribution in [0.4, 0.5) is 4.79 Å². The van der Waals surface area contributed by atoms with E-state index < -0.39 is 23.6 Å². The molecular weight excluding hydrogens is 973 g/mol. The molecule has 3 aliphatic rings. The van der Waals surface area contributed by atoms with Gasteiger partial charge < -0.3 is 49.2 Å². The number of aromatic hydroxyl groups is 2. The Labute approximate surface area is 437 Å². The standard InChI is InChI=1S/C57H58N8O11/c1-7-38-40-25-37(19-20-45(40)59-49-42(38)29-64-46(49)27-44-43(54(64)70)30-74-55(71)57(44,73)8-2)76-56(72)63(10-4)33-21-23-62(24-22-33)53(69)32-11-15-35(16-12-32)75-36-17-13-34(14-18-36)65-50(60-61-51(65)52(68)58-9-3)41-26-39(31(5)6)47(66)28-48(41)67/h11-20,25-28,31,33,66-67,73H,7-10,21-24,29-30H2,1-6H3,(H,58,68). The SMILES string of the molecule is CCNC(=O)c1nnc(-c2cc(C(C)C)c(O)cc2O)n1-c1ccc(Oc2ccc(C(=O)N3CCC(N(CC)C(=O)Oc4ccc5nc6c(c(CC)c5c4)Cn4c-6cc5c(c4=O)COC(=O)C5(O)CC)CC3)cc2)cc1. The molecule has 6 heterocycles. The molecule has 1 saturated heterocycles. The summed E-state index contributed by atoms with van der Waals surface area (Å²) >= 11 is 0. The van der Waals surface area contributed by atoms with E-state index in [0.29, 0.717) is 102 Å². The highest BCUT2D eigenvalue weighted by Crippen LogP contribution is 2.42.